The first-order valence-corrected chi connectivity index (χ1v) is 20.4. The van der Waals surface area contributed by atoms with E-state index in [9.17, 15) is 4.79 Å². The maximum Gasteiger partial charge on any atom is 0.132 e. The number of carbonyl (C=O) groups is 1. The van der Waals surface area contributed by atoms with Gasteiger partial charge in [0, 0.05) is 12.8 Å². The van der Waals surface area contributed by atoms with Crippen LogP contribution in [0.1, 0.15) is 214 Å². The first-order valence-electron chi connectivity index (χ1n) is 20.4. The second-order valence-corrected chi connectivity index (χ2v) is 17.2. The fourth-order valence-electron chi connectivity index (χ4n) is 11.9. The van der Waals surface area contributed by atoms with Gasteiger partial charge in [0.05, 0.1) is 0 Å². The summed E-state index contributed by atoms with van der Waals surface area (Å²) in [7, 11) is 0. The van der Waals surface area contributed by atoms with Gasteiger partial charge in [-0.1, -0.05) is 137 Å². The average Bonchev–Trinajstić information content (AvgIpc) is 3.36. The van der Waals surface area contributed by atoms with Gasteiger partial charge in [0.2, 0.25) is 0 Å². The van der Waals surface area contributed by atoms with Crippen molar-refractivity contribution in [2.45, 2.75) is 214 Å². The summed E-state index contributed by atoms with van der Waals surface area (Å²) in [6.45, 7) is 10.2. The van der Waals surface area contributed by atoms with Crippen LogP contribution in [0.3, 0.4) is 0 Å². The third-order valence-corrected chi connectivity index (χ3v) is 14.5. The highest BCUT2D eigenvalue weighted by Crippen LogP contribution is 2.68. The van der Waals surface area contributed by atoms with Crippen molar-refractivity contribution < 1.29 is 4.79 Å². The van der Waals surface area contributed by atoms with E-state index in [2.05, 4.69) is 27.7 Å². The van der Waals surface area contributed by atoms with Gasteiger partial charge in [-0.15, -0.1) is 0 Å². The van der Waals surface area contributed by atoms with E-state index in [1.165, 1.54) is 161 Å². The first-order chi connectivity index (χ1) is 20.9. The highest BCUT2D eigenvalue weighted by atomic mass is 16.1. The molecule has 4 saturated carbocycles. The predicted molar refractivity (Wildman–Crippen MR) is 187 cm³/mol. The molecule has 4 fully saturated rings. The van der Waals surface area contributed by atoms with Crippen LogP contribution in [-0.4, -0.2) is 5.78 Å². The van der Waals surface area contributed by atoms with Gasteiger partial charge in [-0.3, -0.25) is 4.79 Å². The maximum absolute atomic E-state index is 12.8. The average molecular weight is 597 g/mol. The first kappa shape index (κ1) is 35.5. The van der Waals surface area contributed by atoms with Crippen LogP contribution in [0.15, 0.2) is 0 Å². The van der Waals surface area contributed by atoms with Crippen molar-refractivity contribution in [3.05, 3.63) is 0 Å². The molecule has 4 aliphatic rings. The Morgan fingerprint density at radius 3 is 1.81 bits per heavy atom. The Morgan fingerprint density at radius 1 is 0.605 bits per heavy atom. The molecule has 0 amide bonds. The lowest BCUT2D eigenvalue weighted by atomic mass is 9.44. The van der Waals surface area contributed by atoms with Crippen LogP contribution in [0.25, 0.3) is 0 Å². The monoisotopic (exact) mass is 597 g/mol. The molecule has 1 heteroatoms. The van der Waals surface area contributed by atoms with Crippen molar-refractivity contribution in [1.82, 2.24) is 0 Å². The normalized spacial score (nSPS) is 34.4. The van der Waals surface area contributed by atoms with E-state index in [1.807, 2.05) is 0 Å². The van der Waals surface area contributed by atoms with Crippen molar-refractivity contribution in [3.63, 3.8) is 0 Å². The fourth-order valence-corrected chi connectivity index (χ4v) is 11.9. The summed E-state index contributed by atoms with van der Waals surface area (Å²) < 4.78 is 0. The minimum atomic E-state index is 0.551. The van der Waals surface area contributed by atoms with Gasteiger partial charge in [0.15, 0.2) is 0 Å². The Labute approximate surface area is 270 Å². The molecular formula is C42H76O. The molecule has 8 atom stereocenters. The highest BCUT2D eigenvalue weighted by Gasteiger charge is 2.60. The Balaban J connectivity index is 1.02. The number of fused-ring (bicyclic) bond motifs is 5. The van der Waals surface area contributed by atoms with Gasteiger partial charge in [-0.25, -0.2) is 0 Å². The van der Waals surface area contributed by atoms with E-state index in [-0.39, 0.29) is 0 Å². The zero-order chi connectivity index (χ0) is 30.5. The molecule has 1 unspecified atom stereocenters. The number of unbranched alkanes of at least 4 members (excludes halogenated alkanes) is 15. The number of hydrogen-bond acceptors (Lipinski definition) is 1. The minimum Gasteiger partial charge on any atom is -0.300 e. The zero-order valence-electron chi connectivity index (χ0n) is 29.9. The number of carbonyl (C=O) groups excluding carboxylic acids is 1. The van der Waals surface area contributed by atoms with Gasteiger partial charge in [0.25, 0.3) is 0 Å². The topological polar surface area (TPSA) is 17.1 Å². The van der Waals surface area contributed by atoms with E-state index < -0.39 is 0 Å². The fraction of sp³-hybridized carbons (Fsp3) is 0.976. The van der Waals surface area contributed by atoms with E-state index in [4.69, 9.17) is 0 Å². The summed E-state index contributed by atoms with van der Waals surface area (Å²) in [6, 6.07) is 0. The van der Waals surface area contributed by atoms with Crippen molar-refractivity contribution in [3.8, 4) is 0 Å². The Bertz CT molecular complexity index is 786. The van der Waals surface area contributed by atoms with E-state index in [0.717, 1.165) is 61.2 Å². The Morgan fingerprint density at radius 2 is 1.19 bits per heavy atom. The number of rotatable bonds is 21. The summed E-state index contributed by atoms with van der Waals surface area (Å²) >= 11 is 0. The van der Waals surface area contributed by atoms with Gasteiger partial charge in [-0.2, -0.15) is 0 Å². The molecule has 0 radical (unpaired) electrons. The molecule has 0 heterocycles. The van der Waals surface area contributed by atoms with Crippen LogP contribution in [0, 0.1) is 46.3 Å². The minimum absolute atomic E-state index is 0.551. The maximum atomic E-state index is 12.8. The highest BCUT2D eigenvalue weighted by molar-refractivity contribution is 5.78. The molecular weight excluding hydrogens is 520 g/mol. The van der Waals surface area contributed by atoms with Gasteiger partial charge in [0.1, 0.15) is 5.78 Å². The smallest absolute Gasteiger partial charge is 0.132 e. The van der Waals surface area contributed by atoms with Crippen molar-refractivity contribution in [1.29, 1.82) is 0 Å². The SMILES string of the molecule is CCCCCCCCCCCCCCCCCCC(=O)CC[C@@H](C)[C@H]1CC[C@H]2[C@@H]3CCC4CCCC[C@]4(C)[C@H]3CC[C@]12C. The second kappa shape index (κ2) is 18.1. The molecule has 0 saturated heterocycles. The third-order valence-electron chi connectivity index (χ3n) is 14.5. The van der Waals surface area contributed by atoms with Crippen molar-refractivity contribution in [2.24, 2.45) is 46.3 Å². The number of hydrogen-bond donors (Lipinski definition) is 0. The third kappa shape index (κ3) is 9.60. The van der Waals surface area contributed by atoms with Crippen LogP contribution in [0.4, 0.5) is 0 Å². The quantitative estimate of drug-likeness (QED) is 0.120. The van der Waals surface area contributed by atoms with Crippen molar-refractivity contribution >= 4 is 5.78 Å². The molecule has 0 aromatic carbocycles. The summed E-state index contributed by atoms with van der Waals surface area (Å²) in [5.41, 5.74) is 1.21. The van der Waals surface area contributed by atoms with Crippen molar-refractivity contribution in [2.75, 3.05) is 0 Å². The predicted octanol–water partition coefficient (Wildman–Crippen LogP) is 13.7. The number of ketones is 1. The molecule has 0 N–H and O–H groups in total. The van der Waals surface area contributed by atoms with E-state index in [0.29, 0.717) is 16.6 Å². The van der Waals surface area contributed by atoms with Crippen LogP contribution >= 0.6 is 0 Å². The molecule has 0 aliphatic heterocycles. The summed E-state index contributed by atoms with van der Waals surface area (Å²) in [6.07, 6.45) is 40.2. The van der Waals surface area contributed by atoms with E-state index >= 15 is 0 Å². The Hall–Kier alpha value is -0.330. The van der Waals surface area contributed by atoms with Gasteiger partial charge >= 0.3 is 0 Å². The largest absolute Gasteiger partial charge is 0.300 e. The lowest BCUT2D eigenvalue weighted by molar-refractivity contribution is -0.120. The van der Waals surface area contributed by atoms with Crippen LogP contribution in [0.2, 0.25) is 0 Å². The molecule has 0 bridgehead atoms. The molecule has 0 aromatic heterocycles. The lowest BCUT2D eigenvalue weighted by Crippen LogP contribution is -2.53. The molecule has 43 heavy (non-hydrogen) atoms. The molecule has 1 nitrogen and oxygen atoms in total. The molecule has 0 aromatic rings. The Kier molecular flexibility index (Phi) is 15.0. The summed E-state index contributed by atoms with van der Waals surface area (Å²) in [5.74, 6) is 6.17. The van der Waals surface area contributed by atoms with Gasteiger partial charge in [-0.05, 0) is 111 Å². The number of Topliss-reactive ketones (excluding diaryl/α,β-unsaturated/α-hetero) is 1. The van der Waals surface area contributed by atoms with Crippen LogP contribution in [-0.2, 0) is 4.79 Å². The van der Waals surface area contributed by atoms with Crippen LogP contribution < -0.4 is 0 Å². The van der Waals surface area contributed by atoms with E-state index in [1.54, 1.807) is 0 Å². The molecule has 4 aliphatic carbocycles. The molecule has 4 rings (SSSR count). The standard InChI is InChI=1S/C42H76O/c1-5-6-7-8-9-10-11-12-13-14-15-16-17-18-19-20-24-36(43)27-25-34(2)38-29-30-39-37-28-26-35-23-21-22-32-41(35,3)40(37)31-33-42(38,39)4/h34-35,37-40H,5-33H2,1-4H3/t34-,35?,37+,38-,39+,40+,41+,42-/m1/s1. The summed E-state index contributed by atoms with van der Waals surface area (Å²) in [4.78, 5) is 12.8. The summed E-state index contributed by atoms with van der Waals surface area (Å²) in [5, 5.41) is 0. The van der Waals surface area contributed by atoms with Crippen LogP contribution in [0.5, 0.6) is 0 Å². The second-order valence-electron chi connectivity index (χ2n) is 17.2. The lowest BCUT2D eigenvalue weighted by Gasteiger charge is -2.61. The molecule has 0 spiro atoms. The molecule has 250 valence electrons. The van der Waals surface area contributed by atoms with Gasteiger partial charge < -0.3 is 0 Å². The zero-order valence-corrected chi connectivity index (χ0v) is 29.9.